The minimum atomic E-state index is -0.700. The van der Waals surface area contributed by atoms with E-state index in [9.17, 15) is 4.79 Å². The molecule has 8 nitrogen and oxygen atoms in total. The van der Waals surface area contributed by atoms with E-state index in [1.54, 1.807) is 11.3 Å². The van der Waals surface area contributed by atoms with Gasteiger partial charge < -0.3 is 9.73 Å². The monoisotopic (exact) mass is 430 g/mol. The van der Waals surface area contributed by atoms with Crippen molar-refractivity contribution in [3.63, 3.8) is 0 Å². The molecule has 1 N–H and O–H groups in total. The smallest absolute Gasteiger partial charge is 0.230 e. The lowest BCUT2D eigenvalue weighted by molar-refractivity contribution is -0.121. The summed E-state index contributed by atoms with van der Waals surface area (Å²) in [5.41, 5.74) is 3.35. The van der Waals surface area contributed by atoms with E-state index in [2.05, 4.69) is 43.7 Å². The zero-order chi connectivity index (χ0) is 21.4. The van der Waals surface area contributed by atoms with Crippen LogP contribution in [0, 0.1) is 18.3 Å². The third-order valence-electron chi connectivity index (χ3n) is 5.14. The predicted octanol–water partition coefficient (Wildman–Crippen LogP) is 3.36. The Balaban J connectivity index is 1.28. The molecule has 0 bridgehead atoms. The minimum absolute atomic E-state index is 0.0375. The van der Waals surface area contributed by atoms with Crippen LogP contribution in [0.25, 0.3) is 21.3 Å². The van der Waals surface area contributed by atoms with E-state index in [-0.39, 0.29) is 18.2 Å². The summed E-state index contributed by atoms with van der Waals surface area (Å²) in [6.07, 6.45) is 3.60. The third-order valence-corrected chi connectivity index (χ3v) is 6.16. The van der Waals surface area contributed by atoms with Gasteiger partial charge in [0.1, 0.15) is 17.0 Å². The quantitative estimate of drug-likeness (QED) is 0.498. The van der Waals surface area contributed by atoms with Crippen molar-refractivity contribution in [2.45, 2.75) is 38.1 Å². The average Bonchev–Trinajstić information content (AvgIpc) is 3.20. The van der Waals surface area contributed by atoms with E-state index in [1.165, 1.54) is 0 Å². The van der Waals surface area contributed by atoms with Gasteiger partial charge in [-0.15, -0.1) is 21.5 Å². The number of carbonyl (C=O) groups is 1. The number of benzene rings is 1. The number of hydrogen-bond acceptors (Lipinski definition) is 8. The molecule has 1 saturated carbocycles. The van der Waals surface area contributed by atoms with Crippen LogP contribution in [0.3, 0.4) is 0 Å². The van der Waals surface area contributed by atoms with Crippen LogP contribution in [0.1, 0.15) is 35.3 Å². The summed E-state index contributed by atoms with van der Waals surface area (Å²) < 4.78 is 6.69. The molecule has 1 aliphatic carbocycles. The number of fused-ring (bicyclic) bond motifs is 1. The first-order valence-electron chi connectivity index (χ1n) is 9.88. The standard InChI is InChI=1S/C22H18N6O2S/c1-13-2-3-15(11-24-13)14-4-5-16-17(8-14)31-21(25-16)10-20-28-27-19(30-20)9-18(29)26-22(12-23)6-7-22/h2-5,8,11H,6-7,9-10H2,1H3,(H,26,29). The first-order chi connectivity index (χ1) is 15.0. The van der Waals surface area contributed by atoms with Gasteiger partial charge in [-0.2, -0.15) is 5.26 Å². The number of amides is 1. The fraction of sp³-hybridized carbons (Fsp3) is 0.273. The number of nitrogens with zero attached hydrogens (tertiary/aromatic N) is 5. The van der Waals surface area contributed by atoms with Crippen molar-refractivity contribution in [1.29, 1.82) is 5.26 Å². The van der Waals surface area contributed by atoms with Crippen molar-refractivity contribution in [3.8, 4) is 17.2 Å². The Kier molecular flexibility index (Phi) is 4.71. The number of nitriles is 1. The SMILES string of the molecule is Cc1ccc(-c2ccc3nc(Cc4nnc(CC(=O)NC5(C#N)CC5)o4)sc3c2)cn1. The molecule has 5 rings (SSSR count). The summed E-state index contributed by atoms with van der Waals surface area (Å²) in [6.45, 7) is 1.97. The summed E-state index contributed by atoms with van der Waals surface area (Å²) in [5.74, 6) is 0.357. The van der Waals surface area contributed by atoms with Crippen molar-refractivity contribution >= 4 is 27.5 Å². The highest BCUT2D eigenvalue weighted by Crippen LogP contribution is 2.34. The van der Waals surface area contributed by atoms with Crippen molar-refractivity contribution in [2.75, 3.05) is 0 Å². The molecule has 0 radical (unpaired) electrons. The van der Waals surface area contributed by atoms with Gasteiger partial charge in [0.25, 0.3) is 0 Å². The van der Waals surface area contributed by atoms with Gasteiger partial charge >= 0.3 is 0 Å². The second-order valence-electron chi connectivity index (χ2n) is 7.66. The van der Waals surface area contributed by atoms with Gasteiger partial charge in [0.15, 0.2) is 0 Å². The Hall–Kier alpha value is -3.64. The molecule has 1 amide bonds. The molecule has 31 heavy (non-hydrogen) atoms. The molecule has 3 heterocycles. The number of rotatable bonds is 6. The van der Waals surface area contributed by atoms with Crippen molar-refractivity contribution in [3.05, 3.63) is 59.0 Å². The number of nitrogens with one attached hydrogen (secondary N) is 1. The van der Waals surface area contributed by atoms with Crippen LogP contribution in [0.15, 0.2) is 40.9 Å². The molecule has 9 heteroatoms. The largest absolute Gasteiger partial charge is 0.424 e. The maximum absolute atomic E-state index is 12.1. The van der Waals surface area contributed by atoms with Crippen molar-refractivity contribution in [2.24, 2.45) is 0 Å². The fourth-order valence-corrected chi connectivity index (χ4v) is 4.26. The number of thiazole rings is 1. The Morgan fingerprint density at radius 3 is 2.77 bits per heavy atom. The number of aryl methyl sites for hydroxylation is 1. The fourth-order valence-electron chi connectivity index (χ4n) is 3.26. The van der Waals surface area contributed by atoms with E-state index in [4.69, 9.17) is 9.68 Å². The highest BCUT2D eigenvalue weighted by atomic mass is 32.1. The molecule has 1 fully saturated rings. The van der Waals surface area contributed by atoms with Gasteiger partial charge in [-0.3, -0.25) is 9.78 Å². The Morgan fingerprint density at radius 1 is 1.23 bits per heavy atom. The topological polar surface area (TPSA) is 118 Å². The molecule has 0 aliphatic heterocycles. The molecule has 154 valence electrons. The predicted molar refractivity (Wildman–Crippen MR) is 114 cm³/mol. The zero-order valence-corrected chi connectivity index (χ0v) is 17.6. The normalized spacial score (nSPS) is 14.3. The lowest BCUT2D eigenvalue weighted by Crippen LogP contribution is -2.36. The summed E-state index contributed by atoms with van der Waals surface area (Å²) in [6, 6.07) is 12.3. The van der Waals surface area contributed by atoms with Crippen LogP contribution in [-0.4, -0.2) is 31.6 Å². The van der Waals surface area contributed by atoms with E-state index in [1.807, 2.05) is 31.3 Å². The number of hydrogen-bond donors (Lipinski definition) is 1. The number of aromatic nitrogens is 4. The number of carbonyl (C=O) groups excluding carboxylic acids is 1. The van der Waals surface area contributed by atoms with Gasteiger partial charge in [0.05, 0.1) is 22.7 Å². The Labute approximate surface area is 182 Å². The molecule has 0 saturated heterocycles. The highest BCUT2D eigenvalue weighted by molar-refractivity contribution is 7.18. The van der Waals surface area contributed by atoms with Crippen molar-refractivity contribution < 1.29 is 9.21 Å². The van der Waals surface area contributed by atoms with E-state index >= 15 is 0 Å². The molecular weight excluding hydrogens is 412 g/mol. The van der Waals surface area contributed by atoms with Gasteiger partial charge in [-0.25, -0.2) is 4.98 Å². The van der Waals surface area contributed by atoms with Gasteiger partial charge in [-0.05, 0) is 43.5 Å². The van der Waals surface area contributed by atoms with E-state index < -0.39 is 5.54 Å². The second kappa shape index (κ2) is 7.56. The third kappa shape index (κ3) is 4.15. The van der Waals surface area contributed by atoms with E-state index in [0.29, 0.717) is 25.2 Å². The molecule has 0 unspecified atom stereocenters. The van der Waals surface area contributed by atoms with Gasteiger partial charge in [0.2, 0.25) is 17.7 Å². The van der Waals surface area contributed by atoms with Crippen LogP contribution >= 0.6 is 11.3 Å². The lowest BCUT2D eigenvalue weighted by Gasteiger charge is -2.06. The summed E-state index contributed by atoms with van der Waals surface area (Å²) >= 11 is 1.57. The minimum Gasteiger partial charge on any atom is -0.424 e. The maximum atomic E-state index is 12.1. The zero-order valence-electron chi connectivity index (χ0n) is 16.8. The van der Waals surface area contributed by atoms with Crippen LogP contribution in [0.2, 0.25) is 0 Å². The first-order valence-corrected chi connectivity index (χ1v) is 10.7. The molecular formula is C22H18N6O2S. The molecule has 3 aromatic heterocycles. The molecule has 0 spiro atoms. The number of pyridine rings is 1. The average molecular weight is 430 g/mol. The van der Waals surface area contributed by atoms with Crippen LogP contribution < -0.4 is 5.32 Å². The molecule has 0 atom stereocenters. The first kappa shape index (κ1) is 19.3. The maximum Gasteiger partial charge on any atom is 0.230 e. The Bertz CT molecular complexity index is 1310. The second-order valence-corrected chi connectivity index (χ2v) is 8.78. The summed E-state index contributed by atoms with van der Waals surface area (Å²) in [7, 11) is 0. The summed E-state index contributed by atoms with van der Waals surface area (Å²) in [4.78, 5) is 21.1. The van der Waals surface area contributed by atoms with Gasteiger partial charge in [0, 0.05) is 17.5 Å². The van der Waals surface area contributed by atoms with E-state index in [0.717, 1.165) is 32.0 Å². The van der Waals surface area contributed by atoms with Crippen LogP contribution in [-0.2, 0) is 17.6 Å². The molecule has 1 aliphatic rings. The van der Waals surface area contributed by atoms with Crippen LogP contribution in [0.4, 0.5) is 0 Å². The Morgan fingerprint density at radius 2 is 2.03 bits per heavy atom. The molecule has 1 aromatic carbocycles. The highest BCUT2D eigenvalue weighted by Gasteiger charge is 2.44. The lowest BCUT2D eigenvalue weighted by atomic mass is 10.1. The van der Waals surface area contributed by atoms with Gasteiger partial charge in [-0.1, -0.05) is 12.1 Å². The molecule has 4 aromatic rings. The van der Waals surface area contributed by atoms with Crippen LogP contribution in [0.5, 0.6) is 0 Å². The van der Waals surface area contributed by atoms with Crippen molar-refractivity contribution in [1.82, 2.24) is 25.5 Å². The summed E-state index contributed by atoms with van der Waals surface area (Å²) in [5, 5.41) is 20.6.